The Bertz CT molecular complexity index is 443. The minimum Gasteiger partial charge on any atom is -0.288 e. The summed E-state index contributed by atoms with van der Waals surface area (Å²) in [5.41, 5.74) is 2.13. The molecule has 2 amide bonds. The fraction of sp³-hybridized carbons (Fsp3) is 0.333. The van der Waals surface area contributed by atoms with Gasteiger partial charge in [0.2, 0.25) is 0 Å². The van der Waals surface area contributed by atoms with Gasteiger partial charge in [-0.15, -0.1) is 0 Å². The zero-order valence-electron chi connectivity index (χ0n) is 8.75. The van der Waals surface area contributed by atoms with Gasteiger partial charge in [0.25, 0.3) is 11.8 Å². The van der Waals surface area contributed by atoms with Crippen molar-refractivity contribution in [2.45, 2.75) is 19.3 Å². The molecule has 1 aromatic carbocycles. The van der Waals surface area contributed by atoms with E-state index in [-0.39, 0.29) is 11.8 Å². The predicted molar refractivity (Wildman–Crippen MR) is 65.0 cm³/mol. The molecule has 0 saturated carbocycles. The largest absolute Gasteiger partial charge is 0.288 e. The maximum Gasteiger partial charge on any atom is 0.258 e. The van der Waals surface area contributed by atoms with Gasteiger partial charge in [0.1, 0.15) is 0 Å². The average Bonchev–Trinajstić information content (AvgIpc) is 2.55. The van der Waals surface area contributed by atoms with Gasteiger partial charge in [-0.3, -0.25) is 14.9 Å². The predicted octanol–water partition coefficient (Wildman–Crippen LogP) is 2.29. The Morgan fingerprint density at radius 1 is 1.06 bits per heavy atom. The third-order valence-corrected chi connectivity index (χ3v) is 3.21. The highest BCUT2D eigenvalue weighted by Crippen LogP contribution is 2.18. The van der Waals surface area contributed by atoms with E-state index in [1.54, 1.807) is 6.07 Å². The maximum atomic E-state index is 11.4. The molecule has 2 rings (SSSR count). The fourth-order valence-corrected chi connectivity index (χ4v) is 2.19. The molecule has 0 radical (unpaired) electrons. The first kappa shape index (κ1) is 11.3. The quantitative estimate of drug-likeness (QED) is 0.523. The normalized spacial score (nSPS) is 13.8. The van der Waals surface area contributed by atoms with E-state index in [1.165, 1.54) is 0 Å². The van der Waals surface area contributed by atoms with Crippen molar-refractivity contribution in [3.05, 3.63) is 34.9 Å². The molecule has 0 fully saturated rings. The molecule has 0 bridgehead atoms. The van der Waals surface area contributed by atoms with Crippen molar-refractivity contribution in [1.29, 1.82) is 0 Å². The van der Waals surface area contributed by atoms with Gasteiger partial charge in [-0.05, 0) is 37.0 Å². The van der Waals surface area contributed by atoms with Crippen molar-refractivity contribution in [2.24, 2.45) is 0 Å². The molecule has 0 aromatic heterocycles. The van der Waals surface area contributed by atoms with Gasteiger partial charge in [-0.2, -0.15) is 0 Å². The number of rotatable bonds is 4. The van der Waals surface area contributed by atoms with Gasteiger partial charge >= 0.3 is 0 Å². The monoisotopic (exact) mass is 281 g/mol. The molecular formula is C12H12BrNO2. The summed E-state index contributed by atoms with van der Waals surface area (Å²) in [5.74, 6) is -0.561. The van der Waals surface area contributed by atoms with Crippen molar-refractivity contribution >= 4 is 27.7 Å². The first-order valence-corrected chi connectivity index (χ1v) is 6.39. The van der Waals surface area contributed by atoms with Crippen LogP contribution in [0.1, 0.15) is 39.1 Å². The number of amides is 2. The number of alkyl halides is 1. The number of carbonyl (C=O) groups excluding carboxylic acids is 2. The molecule has 1 aromatic rings. The van der Waals surface area contributed by atoms with Crippen LogP contribution in [0.3, 0.4) is 0 Å². The second-order valence-corrected chi connectivity index (χ2v) is 4.60. The van der Waals surface area contributed by atoms with Gasteiger partial charge in [-0.25, -0.2) is 0 Å². The van der Waals surface area contributed by atoms with E-state index >= 15 is 0 Å². The molecule has 84 valence electrons. The van der Waals surface area contributed by atoms with Gasteiger partial charge in [0.05, 0.1) is 11.1 Å². The number of imide groups is 1. The Morgan fingerprint density at radius 2 is 1.81 bits per heavy atom. The molecule has 1 heterocycles. The summed E-state index contributed by atoms with van der Waals surface area (Å²) in [6, 6.07) is 5.48. The molecule has 0 atom stereocenters. The molecule has 1 aliphatic heterocycles. The van der Waals surface area contributed by atoms with E-state index in [0.29, 0.717) is 11.1 Å². The van der Waals surface area contributed by atoms with Gasteiger partial charge < -0.3 is 0 Å². The molecule has 3 nitrogen and oxygen atoms in total. The molecule has 0 saturated heterocycles. The fourth-order valence-electron chi connectivity index (χ4n) is 1.79. The third kappa shape index (κ3) is 2.16. The molecule has 16 heavy (non-hydrogen) atoms. The van der Waals surface area contributed by atoms with E-state index in [9.17, 15) is 9.59 Å². The Hall–Kier alpha value is -1.16. The van der Waals surface area contributed by atoms with Crippen molar-refractivity contribution < 1.29 is 9.59 Å². The van der Waals surface area contributed by atoms with Crippen LogP contribution in [0.15, 0.2) is 18.2 Å². The Kier molecular flexibility index (Phi) is 3.39. The first-order chi connectivity index (χ1) is 7.72. The highest BCUT2D eigenvalue weighted by atomic mass is 79.9. The van der Waals surface area contributed by atoms with Crippen molar-refractivity contribution in [3.63, 3.8) is 0 Å². The number of carbonyl (C=O) groups is 2. The van der Waals surface area contributed by atoms with Crippen molar-refractivity contribution in [2.75, 3.05) is 5.33 Å². The Labute approximate surface area is 102 Å². The summed E-state index contributed by atoms with van der Waals surface area (Å²) in [6.45, 7) is 0. The van der Waals surface area contributed by atoms with Gasteiger partial charge in [0.15, 0.2) is 0 Å². The molecule has 1 N–H and O–H groups in total. The minimum atomic E-state index is -0.285. The van der Waals surface area contributed by atoms with E-state index in [2.05, 4.69) is 21.2 Å². The zero-order valence-corrected chi connectivity index (χ0v) is 10.3. The number of nitrogens with one attached hydrogen (secondary N) is 1. The number of unbranched alkanes of at least 4 members (excludes halogenated alkanes) is 1. The van der Waals surface area contributed by atoms with E-state index in [4.69, 9.17) is 0 Å². The molecule has 4 heteroatoms. The van der Waals surface area contributed by atoms with Crippen molar-refractivity contribution in [1.82, 2.24) is 5.32 Å². The smallest absolute Gasteiger partial charge is 0.258 e. The van der Waals surface area contributed by atoms with Crippen LogP contribution in [0, 0.1) is 0 Å². The zero-order chi connectivity index (χ0) is 11.5. The lowest BCUT2D eigenvalue weighted by molar-refractivity contribution is 0.0879. The van der Waals surface area contributed by atoms with Crippen molar-refractivity contribution in [3.8, 4) is 0 Å². The summed E-state index contributed by atoms with van der Waals surface area (Å²) in [5, 5.41) is 3.29. The minimum absolute atomic E-state index is 0.276. The second kappa shape index (κ2) is 4.78. The lowest BCUT2D eigenvalue weighted by Crippen LogP contribution is -2.19. The number of benzene rings is 1. The number of halogens is 1. The van der Waals surface area contributed by atoms with Crippen LogP contribution in [0.5, 0.6) is 0 Å². The standard InChI is InChI=1S/C12H12BrNO2/c13-6-2-1-3-8-4-5-9-10(7-8)12(16)14-11(9)15/h4-5,7H,1-3,6H2,(H,14,15,16). The van der Waals surface area contributed by atoms with E-state index in [1.807, 2.05) is 12.1 Å². The van der Waals surface area contributed by atoms with Crippen LogP contribution in [0.25, 0.3) is 0 Å². The summed E-state index contributed by atoms with van der Waals surface area (Å²) in [6.07, 6.45) is 3.14. The molecule has 0 unspecified atom stereocenters. The summed E-state index contributed by atoms with van der Waals surface area (Å²) in [4.78, 5) is 22.7. The van der Waals surface area contributed by atoms with Crippen LogP contribution in [0.4, 0.5) is 0 Å². The van der Waals surface area contributed by atoms with Crippen LogP contribution < -0.4 is 5.32 Å². The van der Waals surface area contributed by atoms with Crippen LogP contribution in [-0.2, 0) is 6.42 Å². The summed E-state index contributed by atoms with van der Waals surface area (Å²) < 4.78 is 0. The topological polar surface area (TPSA) is 46.2 Å². The number of fused-ring (bicyclic) bond motifs is 1. The lowest BCUT2D eigenvalue weighted by Gasteiger charge is -2.01. The number of hydrogen-bond donors (Lipinski definition) is 1. The van der Waals surface area contributed by atoms with E-state index < -0.39 is 0 Å². The van der Waals surface area contributed by atoms with Crippen LogP contribution in [0.2, 0.25) is 0 Å². The maximum absolute atomic E-state index is 11.4. The molecule has 0 aliphatic carbocycles. The molecular weight excluding hydrogens is 270 g/mol. The van der Waals surface area contributed by atoms with Crippen LogP contribution >= 0.6 is 15.9 Å². The Balaban J connectivity index is 2.16. The highest BCUT2D eigenvalue weighted by Gasteiger charge is 2.26. The Morgan fingerprint density at radius 3 is 2.56 bits per heavy atom. The van der Waals surface area contributed by atoms with Crippen LogP contribution in [-0.4, -0.2) is 17.1 Å². The third-order valence-electron chi connectivity index (χ3n) is 2.65. The van der Waals surface area contributed by atoms with Gasteiger partial charge in [-0.1, -0.05) is 22.0 Å². The average molecular weight is 282 g/mol. The summed E-state index contributed by atoms with van der Waals surface area (Å²) >= 11 is 3.38. The molecule has 0 spiro atoms. The number of aryl methyl sites for hydroxylation is 1. The lowest BCUT2D eigenvalue weighted by atomic mass is 10.0. The highest BCUT2D eigenvalue weighted by molar-refractivity contribution is 9.09. The van der Waals surface area contributed by atoms with E-state index in [0.717, 1.165) is 30.2 Å². The SMILES string of the molecule is O=C1NC(=O)c2cc(CCCCBr)ccc21. The first-order valence-electron chi connectivity index (χ1n) is 5.27. The summed E-state index contributed by atoms with van der Waals surface area (Å²) in [7, 11) is 0. The number of hydrogen-bond acceptors (Lipinski definition) is 2. The molecule has 1 aliphatic rings. The second-order valence-electron chi connectivity index (χ2n) is 3.81. The van der Waals surface area contributed by atoms with Gasteiger partial charge in [0, 0.05) is 5.33 Å².